The lowest BCUT2D eigenvalue weighted by Crippen LogP contribution is -2.06. The molecule has 0 aliphatic rings. The van der Waals surface area contributed by atoms with Crippen molar-refractivity contribution in [3.8, 4) is 0 Å². The number of hydrogen-bond acceptors (Lipinski definition) is 0. The van der Waals surface area contributed by atoms with Crippen LogP contribution in [0.3, 0.4) is 0 Å². The van der Waals surface area contributed by atoms with Gasteiger partial charge in [-0.25, -0.2) is 4.39 Å². The van der Waals surface area contributed by atoms with E-state index in [4.69, 9.17) is 11.6 Å². The maximum Gasteiger partial charge on any atom is 0.127 e. The van der Waals surface area contributed by atoms with Gasteiger partial charge in [0, 0.05) is 15.9 Å². The van der Waals surface area contributed by atoms with Crippen LogP contribution in [0.4, 0.5) is 4.39 Å². The number of benzene rings is 2. The second-order valence-electron chi connectivity index (χ2n) is 4.17. The first kappa shape index (κ1) is 13.6. The molecule has 1 unspecified atom stereocenters. The zero-order valence-corrected chi connectivity index (χ0v) is 12.1. The predicted molar refractivity (Wildman–Crippen MR) is 78.1 cm³/mol. The van der Waals surface area contributed by atoms with Crippen LogP contribution in [0.15, 0.2) is 48.5 Å². The van der Waals surface area contributed by atoms with Crippen molar-refractivity contribution in [2.24, 2.45) is 0 Å². The first-order valence-corrected chi connectivity index (χ1v) is 7.26. The average Bonchev–Trinajstić information content (AvgIpc) is 2.40. The highest BCUT2D eigenvalue weighted by atomic mass is 79.9. The van der Waals surface area contributed by atoms with Gasteiger partial charge in [0.1, 0.15) is 5.82 Å². The van der Waals surface area contributed by atoms with Crippen LogP contribution < -0.4 is 0 Å². The summed E-state index contributed by atoms with van der Waals surface area (Å²) in [6, 6.07) is 14.9. The smallest absolute Gasteiger partial charge is 0.127 e. The predicted octanol–water partition coefficient (Wildman–Crippen LogP) is 5.20. The molecule has 2 aromatic carbocycles. The molecule has 0 N–H and O–H groups in total. The van der Waals surface area contributed by atoms with Crippen LogP contribution in [0.1, 0.15) is 17.0 Å². The molecule has 0 nitrogen and oxygen atoms in total. The van der Waals surface area contributed by atoms with Gasteiger partial charge in [0.2, 0.25) is 0 Å². The van der Waals surface area contributed by atoms with Crippen LogP contribution in [0, 0.1) is 5.82 Å². The Morgan fingerprint density at radius 2 is 1.78 bits per heavy atom. The lowest BCUT2D eigenvalue weighted by atomic mass is 9.93. The molecule has 0 spiro atoms. The van der Waals surface area contributed by atoms with Crippen molar-refractivity contribution in [2.45, 2.75) is 12.3 Å². The second-order valence-corrected chi connectivity index (χ2v) is 5.22. The van der Waals surface area contributed by atoms with E-state index in [2.05, 4.69) is 28.1 Å². The van der Waals surface area contributed by atoms with Gasteiger partial charge in [-0.15, -0.1) is 0 Å². The molecule has 3 heteroatoms. The zero-order valence-electron chi connectivity index (χ0n) is 9.74. The Hall–Kier alpha value is -0.860. The van der Waals surface area contributed by atoms with Crippen LogP contribution in [-0.4, -0.2) is 5.33 Å². The normalized spacial score (nSPS) is 12.4. The van der Waals surface area contributed by atoms with E-state index in [1.165, 1.54) is 11.6 Å². The van der Waals surface area contributed by atoms with Gasteiger partial charge in [0.25, 0.3) is 0 Å². The molecular formula is C15H13BrClF. The summed E-state index contributed by atoms with van der Waals surface area (Å²) in [5.41, 5.74) is 1.78. The number of alkyl halides is 1. The maximum absolute atomic E-state index is 13.8. The Kier molecular flexibility index (Phi) is 4.79. The Morgan fingerprint density at radius 3 is 2.39 bits per heavy atom. The van der Waals surface area contributed by atoms with E-state index < -0.39 is 0 Å². The van der Waals surface area contributed by atoms with Gasteiger partial charge in [0.15, 0.2) is 0 Å². The molecule has 0 saturated heterocycles. The van der Waals surface area contributed by atoms with Crippen molar-refractivity contribution in [3.63, 3.8) is 0 Å². The van der Waals surface area contributed by atoms with Gasteiger partial charge in [-0.3, -0.25) is 0 Å². The molecule has 1 atom stereocenters. The van der Waals surface area contributed by atoms with Crippen LogP contribution >= 0.6 is 27.5 Å². The van der Waals surface area contributed by atoms with Gasteiger partial charge >= 0.3 is 0 Å². The van der Waals surface area contributed by atoms with E-state index >= 15 is 0 Å². The molecule has 2 aromatic rings. The average molecular weight is 328 g/mol. The molecule has 0 fully saturated rings. The van der Waals surface area contributed by atoms with Crippen molar-refractivity contribution in [1.29, 1.82) is 0 Å². The van der Waals surface area contributed by atoms with E-state index in [1.54, 1.807) is 12.1 Å². The highest BCUT2D eigenvalue weighted by molar-refractivity contribution is 9.09. The molecule has 0 aliphatic carbocycles. The van der Waals surface area contributed by atoms with Crippen LogP contribution in [0.2, 0.25) is 5.02 Å². The largest absolute Gasteiger partial charge is 0.207 e. The monoisotopic (exact) mass is 326 g/mol. The van der Waals surface area contributed by atoms with Crippen LogP contribution in [-0.2, 0) is 6.42 Å². The van der Waals surface area contributed by atoms with E-state index in [0.29, 0.717) is 17.0 Å². The van der Waals surface area contributed by atoms with Crippen molar-refractivity contribution >= 4 is 27.5 Å². The summed E-state index contributed by atoms with van der Waals surface area (Å²) in [6.45, 7) is 0. The van der Waals surface area contributed by atoms with Crippen molar-refractivity contribution in [3.05, 3.63) is 70.5 Å². The summed E-state index contributed by atoms with van der Waals surface area (Å²) in [7, 11) is 0. The number of halogens is 3. The Balaban J connectivity index is 2.26. The summed E-state index contributed by atoms with van der Waals surface area (Å²) in [5.74, 6) is -0.00928. The van der Waals surface area contributed by atoms with Gasteiger partial charge in [0.05, 0.1) is 0 Å². The van der Waals surface area contributed by atoms with Gasteiger partial charge in [-0.05, 0) is 30.0 Å². The zero-order chi connectivity index (χ0) is 13.0. The fraction of sp³-hybridized carbons (Fsp3) is 0.200. The summed E-state index contributed by atoms with van der Waals surface area (Å²) in [6.07, 6.45) is 0.598. The molecule has 18 heavy (non-hydrogen) atoms. The molecule has 0 heterocycles. The Bertz CT molecular complexity index is 493. The SMILES string of the molecule is Fc1cccc(Cl)c1CC(CBr)c1ccccc1. The fourth-order valence-corrected chi connectivity index (χ4v) is 2.80. The van der Waals surface area contributed by atoms with Crippen molar-refractivity contribution in [2.75, 3.05) is 5.33 Å². The topological polar surface area (TPSA) is 0 Å². The Morgan fingerprint density at radius 1 is 1.06 bits per heavy atom. The molecule has 0 bridgehead atoms. The minimum absolute atomic E-state index is 0.223. The summed E-state index contributed by atoms with van der Waals surface area (Å²) in [4.78, 5) is 0. The lowest BCUT2D eigenvalue weighted by molar-refractivity contribution is 0.599. The van der Waals surface area contributed by atoms with Gasteiger partial charge in [-0.1, -0.05) is 63.9 Å². The molecule has 0 amide bonds. The molecule has 2 rings (SSSR count). The summed E-state index contributed by atoms with van der Waals surface area (Å²) in [5, 5.41) is 1.28. The quantitative estimate of drug-likeness (QED) is 0.677. The van der Waals surface area contributed by atoms with Crippen molar-refractivity contribution in [1.82, 2.24) is 0 Å². The summed E-state index contributed by atoms with van der Waals surface area (Å²) < 4.78 is 13.8. The van der Waals surface area contributed by atoms with E-state index in [0.717, 1.165) is 5.33 Å². The van der Waals surface area contributed by atoms with E-state index in [1.807, 2.05) is 18.2 Å². The van der Waals surface area contributed by atoms with Crippen LogP contribution in [0.5, 0.6) is 0 Å². The molecule has 0 aliphatic heterocycles. The third-order valence-electron chi connectivity index (χ3n) is 2.97. The van der Waals surface area contributed by atoms with Gasteiger partial charge in [-0.2, -0.15) is 0 Å². The molecule has 0 radical (unpaired) electrons. The first-order valence-electron chi connectivity index (χ1n) is 5.76. The highest BCUT2D eigenvalue weighted by Crippen LogP contribution is 2.28. The van der Waals surface area contributed by atoms with E-state index in [-0.39, 0.29) is 11.7 Å². The summed E-state index contributed by atoms with van der Waals surface area (Å²) >= 11 is 9.56. The molecule has 0 saturated carbocycles. The number of hydrogen-bond donors (Lipinski definition) is 0. The lowest BCUT2D eigenvalue weighted by Gasteiger charge is -2.16. The molecule has 94 valence electrons. The fourth-order valence-electron chi connectivity index (χ4n) is 1.96. The third-order valence-corrected chi connectivity index (χ3v) is 4.11. The van der Waals surface area contributed by atoms with E-state index in [9.17, 15) is 4.39 Å². The minimum atomic E-state index is -0.232. The highest BCUT2D eigenvalue weighted by Gasteiger charge is 2.15. The van der Waals surface area contributed by atoms with Crippen molar-refractivity contribution < 1.29 is 4.39 Å². The van der Waals surface area contributed by atoms with Gasteiger partial charge < -0.3 is 0 Å². The standard InChI is InChI=1S/C15H13BrClF/c16-10-12(11-5-2-1-3-6-11)9-13-14(17)7-4-8-15(13)18/h1-8,12H,9-10H2. The molecule has 0 aromatic heterocycles. The first-order chi connectivity index (χ1) is 8.72. The third kappa shape index (κ3) is 3.12. The molecular weight excluding hydrogens is 315 g/mol. The maximum atomic E-state index is 13.8. The Labute approximate surface area is 120 Å². The van der Waals surface area contributed by atoms with Crippen LogP contribution in [0.25, 0.3) is 0 Å². The number of rotatable bonds is 4. The second kappa shape index (κ2) is 6.35. The minimum Gasteiger partial charge on any atom is -0.207 e.